The number of halogens is 3. The number of aliphatic carboxylic acids is 1. The number of ether oxygens (including phenoxy) is 1. The van der Waals surface area contributed by atoms with Gasteiger partial charge in [-0.1, -0.05) is 106 Å². The highest BCUT2D eigenvalue weighted by atomic mass is 79.9. The van der Waals surface area contributed by atoms with Crippen molar-refractivity contribution in [1.82, 2.24) is 25.0 Å². The summed E-state index contributed by atoms with van der Waals surface area (Å²) < 4.78 is 37.3. The SMILES string of the molecule is CCN(C(=O)CCSCC(=O)N(CCCNC(=O)OCC[Si](C)(C)C)[C@@H](c1cc(-c2cc(F)ccc2F)cn1Cc1ccccc1)C(C)(C)C)[C@](CNC(=O)CBr)(C(=O)O)[Si](C)(C)C. The van der Waals surface area contributed by atoms with Gasteiger partial charge in [-0.3, -0.25) is 14.4 Å². The summed E-state index contributed by atoms with van der Waals surface area (Å²) in [7, 11) is -4.15. The van der Waals surface area contributed by atoms with Crippen molar-refractivity contribution in [3.63, 3.8) is 0 Å². The minimum atomic E-state index is -2.73. The summed E-state index contributed by atoms with van der Waals surface area (Å²) in [6.45, 7) is 20.9. The number of rotatable bonds is 24. The molecule has 3 rings (SSSR count). The molecule has 4 amide bonds. The van der Waals surface area contributed by atoms with Crippen molar-refractivity contribution in [3.8, 4) is 11.1 Å². The quantitative estimate of drug-likeness (QED) is 0.0458. The fraction of sp³-hybridized carbons (Fsp3) is 0.543. The lowest BCUT2D eigenvalue weighted by Gasteiger charge is -2.48. The lowest BCUT2D eigenvalue weighted by molar-refractivity contribution is -0.153. The Kier molecular flexibility index (Phi) is 20.3. The number of nitrogens with zero attached hydrogens (tertiary/aromatic N) is 3. The first-order chi connectivity index (χ1) is 29.9. The van der Waals surface area contributed by atoms with Gasteiger partial charge in [-0.15, -0.1) is 0 Å². The number of carboxylic acid groups (broad SMARTS) is 1. The van der Waals surface area contributed by atoms with Crippen molar-refractivity contribution >= 4 is 73.6 Å². The molecule has 0 radical (unpaired) electrons. The Hall–Kier alpha value is -4.01. The standard InChI is InChI=1S/C46H68BrF2N5O7SSi2/c1-11-54(46(43(58)59,64(8,9)10)32-51-39(55)28-47)40(56)20-24-62-31-41(57)53(22-15-21-50-44(60)61-23-25-63(5,6)7)42(45(2,3)4)38-26-34(36-27-35(48)18-19-37(36)49)30-52(38)29-33-16-13-12-14-17-33/h12-14,16-19,26-27,30,42H,11,15,20-25,28-29,31-32H2,1-10H3,(H,50,60)(H,51,55)(H,58,59)/t42-,46-/m0/s1. The molecule has 2 atom stereocenters. The highest BCUT2D eigenvalue weighted by molar-refractivity contribution is 9.09. The van der Waals surface area contributed by atoms with Crippen LogP contribution >= 0.6 is 27.7 Å². The normalized spacial score (nSPS) is 13.4. The number of likely N-dealkylation sites (N-methyl/N-ethyl adjacent to an activating group) is 1. The number of carbonyl (C=O) groups excluding carboxylic acids is 4. The Balaban J connectivity index is 1.98. The molecular weight excluding hydrogens is 941 g/mol. The fourth-order valence-corrected chi connectivity index (χ4v) is 11.8. The summed E-state index contributed by atoms with van der Waals surface area (Å²) in [5, 5.41) is 14.5. The molecule has 354 valence electrons. The van der Waals surface area contributed by atoms with Crippen LogP contribution in [0.3, 0.4) is 0 Å². The average Bonchev–Trinajstić information content (AvgIpc) is 3.60. The smallest absolute Gasteiger partial charge is 0.407 e. The summed E-state index contributed by atoms with van der Waals surface area (Å²) >= 11 is 4.36. The van der Waals surface area contributed by atoms with Crippen LogP contribution in [0.15, 0.2) is 60.8 Å². The van der Waals surface area contributed by atoms with Crippen molar-refractivity contribution in [3.05, 3.63) is 83.7 Å². The highest BCUT2D eigenvalue weighted by Crippen LogP contribution is 2.41. The van der Waals surface area contributed by atoms with Gasteiger partial charge in [0.15, 0.2) is 0 Å². The topological polar surface area (TPSA) is 150 Å². The van der Waals surface area contributed by atoms with Crippen molar-refractivity contribution < 1.29 is 42.6 Å². The molecule has 3 aromatic rings. The minimum Gasteiger partial charge on any atom is -0.480 e. The van der Waals surface area contributed by atoms with E-state index in [0.717, 1.165) is 29.8 Å². The second kappa shape index (κ2) is 24.0. The van der Waals surface area contributed by atoms with Crippen LogP contribution in [-0.4, -0.2) is 120 Å². The van der Waals surface area contributed by atoms with Gasteiger partial charge in [-0.2, -0.15) is 11.8 Å². The molecule has 1 aromatic heterocycles. The molecule has 0 aliphatic heterocycles. The number of alkyl halides is 1. The van der Waals surface area contributed by atoms with Crippen LogP contribution in [0, 0.1) is 17.0 Å². The van der Waals surface area contributed by atoms with E-state index in [-0.39, 0.29) is 60.9 Å². The predicted octanol–water partition coefficient (Wildman–Crippen LogP) is 9.04. The van der Waals surface area contributed by atoms with Gasteiger partial charge in [-0.25, -0.2) is 18.4 Å². The molecule has 12 nitrogen and oxygen atoms in total. The van der Waals surface area contributed by atoms with Crippen LogP contribution in [0.4, 0.5) is 13.6 Å². The molecular formula is C46H68BrF2N5O7SSi2. The number of carbonyl (C=O) groups is 5. The molecule has 0 saturated heterocycles. The summed E-state index contributed by atoms with van der Waals surface area (Å²) in [5.74, 6) is -3.20. The number of hydrogen-bond donors (Lipinski definition) is 3. The molecule has 18 heteroatoms. The molecule has 0 saturated carbocycles. The van der Waals surface area contributed by atoms with Crippen LogP contribution < -0.4 is 10.6 Å². The van der Waals surface area contributed by atoms with Crippen molar-refractivity contribution in [2.45, 2.75) is 104 Å². The van der Waals surface area contributed by atoms with Gasteiger partial charge in [0.05, 0.1) is 31.8 Å². The number of hydrogen-bond acceptors (Lipinski definition) is 7. The van der Waals surface area contributed by atoms with Crippen molar-refractivity contribution in [1.29, 1.82) is 0 Å². The third-order valence-electron chi connectivity index (χ3n) is 11.0. The number of amides is 4. The number of aromatic nitrogens is 1. The molecule has 0 spiro atoms. The van der Waals surface area contributed by atoms with Gasteiger partial charge in [0.2, 0.25) is 17.7 Å². The Morgan fingerprint density at radius 3 is 2.20 bits per heavy atom. The lowest BCUT2D eigenvalue weighted by Crippen LogP contribution is -2.73. The van der Waals surface area contributed by atoms with Crippen molar-refractivity contribution in [2.75, 3.05) is 49.6 Å². The summed E-state index contributed by atoms with van der Waals surface area (Å²) in [4.78, 5) is 69.7. The van der Waals surface area contributed by atoms with Gasteiger partial charge < -0.3 is 34.8 Å². The van der Waals surface area contributed by atoms with E-state index < -0.39 is 68.3 Å². The first kappa shape index (κ1) is 54.3. The molecule has 0 aliphatic rings. The Morgan fingerprint density at radius 2 is 1.62 bits per heavy atom. The van der Waals surface area contributed by atoms with Gasteiger partial charge in [0, 0.05) is 76.0 Å². The summed E-state index contributed by atoms with van der Waals surface area (Å²) in [5.41, 5.74) is 1.59. The molecule has 0 fully saturated rings. The van der Waals surface area contributed by atoms with E-state index in [1.807, 2.05) is 81.4 Å². The number of alkyl carbamates (subject to hydrolysis) is 1. The number of carboxylic acids is 1. The Labute approximate surface area is 392 Å². The summed E-state index contributed by atoms with van der Waals surface area (Å²) in [6, 6.07) is 15.0. The maximum absolute atomic E-state index is 15.3. The van der Waals surface area contributed by atoms with Gasteiger partial charge in [0.25, 0.3) is 0 Å². The zero-order valence-corrected chi connectivity index (χ0v) is 43.5. The average molecular weight is 1010 g/mol. The molecule has 2 aromatic carbocycles. The second-order valence-corrected chi connectivity index (χ2v) is 31.9. The molecule has 0 aliphatic carbocycles. The summed E-state index contributed by atoms with van der Waals surface area (Å²) in [6.07, 6.45) is 1.57. The highest BCUT2D eigenvalue weighted by Gasteiger charge is 2.55. The van der Waals surface area contributed by atoms with Crippen LogP contribution in [0.2, 0.25) is 45.3 Å². The van der Waals surface area contributed by atoms with E-state index in [0.29, 0.717) is 30.8 Å². The van der Waals surface area contributed by atoms with Gasteiger partial charge in [0.1, 0.15) is 16.8 Å². The first-order valence-corrected chi connectivity index (χ1v) is 31.2. The van der Waals surface area contributed by atoms with Crippen LogP contribution in [0.1, 0.15) is 57.8 Å². The zero-order valence-electron chi connectivity index (χ0n) is 39.1. The van der Waals surface area contributed by atoms with Crippen molar-refractivity contribution in [2.24, 2.45) is 5.41 Å². The van der Waals surface area contributed by atoms with E-state index in [2.05, 4.69) is 46.2 Å². The third kappa shape index (κ3) is 15.3. The predicted molar refractivity (Wildman–Crippen MR) is 261 cm³/mol. The fourth-order valence-electron chi connectivity index (χ4n) is 7.70. The largest absolute Gasteiger partial charge is 0.480 e. The monoisotopic (exact) mass is 1010 g/mol. The molecule has 0 bridgehead atoms. The second-order valence-electron chi connectivity index (χ2n) is 19.2. The molecule has 3 N–H and O–H groups in total. The van der Waals surface area contributed by atoms with Gasteiger partial charge in [-0.05, 0) is 54.6 Å². The third-order valence-corrected chi connectivity index (χ3v) is 17.3. The van der Waals surface area contributed by atoms with Crippen LogP contribution in [0.5, 0.6) is 0 Å². The molecule has 64 heavy (non-hydrogen) atoms. The maximum Gasteiger partial charge on any atom is 0.407 e. The van der Waals surface area contributed by atoms with E-state index in [1.165, 1.54) is 16.7 Å². The van der Waals surface area contributed by atoms with E-state index in [4.69, 9.17) is 4.74 Å². The van der Waals surface area contributed by atoms with Crippen LogP contribution in [0.25, 0.3) is 11.1 Å². The first-order valence-electron chi connectivity index (χ1n) is 21.7. The minimum absolute atomic E-state index is 0.0142. The molecule has 1 heterocycles. The lowest BCUT2D eigenvalue weighted by atomic mass is 9.83. The maximum atomic E-state index is 15.3. The zero-order chi connectivity index (χ0) is 48.0. The Morgan fingerprint density at radius 1 is 0.953 bits per heavy atom. The number of thioether (sulfide) groups is 1. The number of nitrogens with one attached hydrogen (secondary N) is 2. The van der Waals surface area contributed by atoms with E-state index >= 15 is 4.39 Å². The number of benzene rings is 2. The van der Waals surface area contributed by atoms with E-state index in [9.17, 15) is 33.5 Å². The van der Waals surface area contributed by atoms with Gasteiger partial charge >= 0.3 is 12.1 Å². The Bertz CT molecular complexity index is 2060. The molecule has 0 unspecified atom stereocenters. The van der Waals surface area contributed by atoms with Crippen LogP contribution in [-0.2, 0) is 30.5 Å². The van der Waals surface area contributed by atoms with E-state index in [1.54, 1.807) is 18.0 Å².